The standard InChI is InChI=1S/C15H28N2O2/c1-15(2)11-19-14(17-15)8-13(18)10-16-9-12-6-4-3-5-7-12/h12-13,16,18H,3-11H2,1-2H3/t13-/m0/s1. The van der Waals surface area contributed by atoms with Gasteiger partial charge in [-0.15, -0.1) is 0 Å². The molecule has 1 heterocycles. The van der Waals surface area contributed by atoms with Crippen LogP contribution in [0.2, 0.25) is 0 Å². The van der Waals surface area contributed by atoms with Crippen LogP contribution in [-0.4, -0.2) is 42.3 Å². The molecule has 0 amide bonds. The van der Waals surface area contributed by atoms with Gasteiger partial charge in [0.1, 0.15) is 6.61 Å². The van der Waals surface area contributed by atoms with Crippen molar-refractivity contribution in [3.8, 4) is 0 Å². The summed E-state index contributed by atoms with van der Waals surface area (Å²) in [5.41, 5.74) is -0.120. The SMILES string of the molecule is CC1(C)COC(C[C@H](O)CNCC2CCCCC2)=N1. The van der Waals surface area contributed by atoms with Gasteiger partial charge in [0.05, 0.1) is 18.1 Å². The van der Waals surface area contributed by atoms with Gasteiger partial charge in [0.15, 0.2) is 5.90 Å². The van der Waals surface area contributed by atoms with Gasteiger partial charge in [-0.2, -0.15) is 0 Å². The fourth-order valence-corrected chi connectivity index (χ4v) is 2.89. The first-order valence-corrected chi connectivity index (χ1v) is 7.65. The van der Waals surface area contributed by atoms with Crippen LogP contribution >= 0.6 is 0 Å². The highest BCUT2D eigenvalue weighted by atomic mass is 16.5. The Bertz CT molecular complexity index is 309. The second-order valence-electron chi connectivity index (χ2n) is 6.63. The van der Waals surface area contributed by atoms with Gasteiger partial charge in [-0.05, 0) is 39.2 Å². The molecule has 0 spiro atoms. The van der Waals surface area contributed by atoms with Crippen molar-refractivity contribution in [1.82, 2.24) is 5.32 Å². The van der Waals surface area contributed by atoms with E-state index in [1.54, 1.807) is 0 Å². The van der Waals surface area contributed by atoms with E-state index in [-0.39, 0.29) is 5.54 Å². The maximum atomic E-state index is 9.99. The normalized spacial score (nSPS) is 24.9. The van der Waals surface area contributed by atoms with Crippen LogP contribution in [0.5, 0.6) is 0 Å². The molecule has 19 heavy (non-hydrogen) atoms. The lowest BCUT2D eigenvalue weighted by atomic mass is 9.89. The maximum Gasteiger partial charge on any atom is 0.186 e. The summed E-state index contributed by atoms with van der Waals surface area (Å²) in [6, 6.07) is 0. The molecule has 2 rings (SSSR count). The Morgan fingerprint density at radius 2 is 2.11 bits per heavy atom. The number of nitrogens with one attached hydrogen (secondary N) is 1. The summed E-state index contributed by atoms with van der Waals surface area (Å²) in [4.78, 5) is 4.46. The molecule has 0 saturated heterocycles. The van der Waals surface area contributed by atoms with E-state index in [4.69, 9.17) is 4.74 Å². The monoisotopic (exact) mass is 268 g/mol. The molecule has 110 valence electrons. The van der Waals surface area contributed by atoms with E-state index in [9.17, 15) is 5.11 Å². The largest absolute Gasteiger partial charge is 0.478 e. The van der Waals surface area contributed by atoms with Crippen molar-refractivity contribution in [3.05, 3.63) is 0 Å². The van der Waals surface area contributed by atoms with Crippen molar-refractivity contribution in [2.75, 3.05) is 19.7 Å². The Morgan fingerprint density at radius 3 is 2.74 bits per heavy atom. The van der Waals surface area contributed by atoms with Crippen LogP contribution < -0.4 is 5.32 Å². The van der Waals surface area contributed by atoms with E-state index >= 15 is 0 Å². The molecule has 0 aromatic rings. The molecule has 1 aliphatic carbocycles. The number of nitrogens with zero attached hydrogens (tertiary/aromatic N) is 1. The Labute approximate surface area is 116 Å². The van der Waals surface area contributed by atoms with Crippen molar-refractivity contribution in [2.45, 2.75) is 64.0 Å². The molecular formula is C15H28N2O2. The summed E-state index contributed by atoms with van der Waals surface area (Å²) in [6.07, 6.45) is 6.95. The quantitative estimate of drug-likeness (QED) is 0.776. The van der Waals surface area contributed by atoms with E-state index in [0.717, 1.165) is 12.5 Å². The first kappa shape index (κ1) is 14.8. The summed E-state index contributed by atoms with van der Waals surface area (Å²) in [5.74, 6) is 1.51. The third kappa shape index (κ3) is 5.11. The lowest BCUT2D eigenvalue weighted by molar-refractivity contribution is 0.165. The zero-order valence-electron chi connectivity index (χ0n) is 12.3. The van der Waals surface area contributed by atoms with Gasteiger partial charge in [0.2, 0.25) is 0 Å². The summed E-state index contributed by atoms with van der Waals surface area (Å²) in [7, 11) is 0. The number of aliphatic hydroxyl groups excluding tert-OH is 1. The van der Waals surface area contributed by atoms with E-state index in [2.05, 4.69) is 10.3 Å². The number of aliphatic hydroxyl groups is 1. The van der Waals surface area contributed by atoms with Crippen molar-refractivity contribution >= 4 is 5.90 Å². The van der Waals surface area contributed by atoms with Gasteiger partial charge in [-0.1, -0.05) is 19.3 Å². The molecule has 1 fully saturated rings. The highest BCUT2D eigenvalue weighted by Gasteiger charge is 2.27. The number of hydrogen-bond donors (Lipinski definition) is 2. The number of aliphatic imine (C=N–C) groups is 1. The molecule has 1 aliphatic heterocycles. The molecule has 0 aromatic heterocycles. The van der Waals surface area contributed by atoms with Gasteiger partial charge in [-0.25, -0.2) is 4.99 Å². The van der Waals surface area contributed by atoms with Crippen LogP contribution in [0, 0.1) is 5.92 Å². The Kier molecular flexibility index (Phi) is 5.22. The second kappa shape index (κ2) is 6.71. The van der Waals surface area contributed by atoms with E-state index < -0.39 is 6.10 Å². The molecule has 0 radical (unpaired) electrons. The first-order valence-electron chi connectivity index (χ1n) is 7.65. The first-order chi connectivity index (χ1) is 9.05. The minimum absolute atomic E-state index is 0.120. The van der Waals surface area contributed by atoms with Crippen LogP contribution in [0.1, 0.15) is 52.4 Å². The molecule has 1 saturated carbocycles. The van der Waals surface area contributed by atoms with Gasteiger partial charge in [0.25, 0.3) is 0 Å². The summed E-state index contributed by atoms with van der Waals surface area (Å²) in [5, 5.41) is 13.4. The number of rotatable bonds is 6. The van der Waals surface area contributed by atoms with Crippen LogP contribution in [-0.2, 0) is 4.74 Å². The van der Waals surface area contributed by atoms with Gasteiger partial charge < -0.3 is 15.2 Å². The lowest BCUT2D eigenvalue weighted by Gasteiger charge is -2.22. The van der Waals surface area contributed by atoms with Gasteiger partial charge >= 0.3 is 0 Å². The summed E-state index contributed by atoms with van der Waals surface area (Å²) < 4.78 is 5.50. The van der Waals surface area contributed by atoms with Crippen molar-refractivity contribution in [1.29, 1.82) is 0 Å². The Morgan fingerprint density at radius 1 is 1.37 bits per heavy atom. The summed E-state index contributed by atoms with van der Waals surface area (Å²) in [6.45, 7) is 6.40. The molecule has 2 aliphatic rings. The Balaban J connectivity index is 1.60. The molecule has 1 atom stereocenters. The topological polar surface area (TPSA) is 53.9 Å². The molecule has 4 heteroatoms. The van der Waals surface area contributed by atoms with Crippen molar-refractivity contribution in [3.63, 3.8) is 0 Å². The minimum Gasteiger partial charge on any atom is -0.478 e. The molecular weight excluding hydrogens is 240 g/mol. The third-order valence-corrected chi connectivity index (χ3v) is 3.97. The molecule has 4 nitrogen and oxygen atoms in total. The average molecular weight is 268 g/mol. The molecule has 0 aromatic carbocycles. The summed E-state index contributed by atoms with van der Waals surface area (Å²) >= 11 is 0. The number of ether oxygens (including phenoxy) is 1. The zero-order chi connectivity index (χ0) is 13.7. The fraction of sp³-hybridized carbons (Fsp3) is 0.933. The third-order valence-electron chi connectivity index (χ3n) is 3.97. The lowest BCUT2D eigenvalue weighted by Crippen LogP contribution is -2.32. The van der Waals surface area contributed by atoms with Crippen LogP contribution in [0.15, 0.2) is 4.99 Å². The predicted octanol–water partition coefficient (Wildman–Crippen LogP) is 2.11. The van der Waals surface area contributed by atoms with Gasteiger partial charge in [-0.3, -0.25) is 0 Å². The maximum absolute atomic E-state index is 9.99. The fourth-order valence-electron chi connectivity index (χ4n) is 2.89. The molecule has 2 N–H and O–H groups in total. The zero-order valence-corrected chi connectivity index (χ0v) is 12.3. The van der Waals surface area contributed by atoms with Gasteiger partial charge in [0, 0.05) is 6.54 Å². The molecule has 0 bridgehead atoms. The smallest absolute Gasteiger partial charge is 0.186 e. The van der Waals surface area contributed by atoms with Crippen molar-refractivity contribution in [2.24, 2.45) is 10.9 Å². The van der Waals surface area contributed by atoms with E-state index in [0.29, 0.717) is 25.5 Å². The number of hydrogen-bond acceptors (Lipinski definition) is 4. The molecule has 0 unspecified atom stereocenters. The van der Waals surface area contributed by atoms with E-state index in [1.165, 1.54) is 32.1 Å². The Hall–Kier alpha value is -0.610. The average Bonchev–Trinajstić information content (AvgIpc) is 2.70. The van der Waals surface area contributed by atoms with Crippen LogP contribution in [0.25, 0.3) is 0 Å². The minimum atomic E-state index is -0.392. The van der Waals surface area contributed by atoms with Crippen molar-refractivity contribution < 1.29 is 9.84 Å². The highest BCUT2D eigenvalue weighted by Crippen LogP contribution is 2.22. The van der Waals surface area contributed by atoms with E-state index in [1.807, 2.05) is 13.8 Å². The van der Waals surface area contributed by atoms with Crippen LogP contribution in [0.3, 0.4) is 0 Å². The van der Waals surface area contributed by atoms with Crippen LogP contribution in [0.4, 0.5) is 0 Å². The predicted molar refractivity (Wildman–Crippen MR) is 77.5 cm³/mol. The highest BCUT2D eigenvalue weighted by molar-refractivity contribution is 5.78. The second-order valence-corrected chi connectivity index (χ2v) is 6.63.